The zero-order chi connectivity index (χ0) is 13.8. The molecule has 4 heteroatoms. The number of rotatable bonds is 4. The highest BCUT2D eigenvalue weighted by atomic mass is 16.3. The largest absolute Gasteiger partial charge is 0.508 e. The molecule has 0 spiro atoms. The number of benzene rings is 1. The summed E-state index contributed by atoms with van der Waals surface area (Å²) in [4.78, 5) is 0. The summed E-state index contributed by atoms with van der Waals surface area (Å²) in [7, 11) is 0. The zero-order valence-corrected chi connectivity index (χ0v) is 11.3. The van der Waals surface area contributed by atoms with Crippen molar-refractivity contribution in [1.29, 1.82) is 0 Å². The Bertz CT molecular complexity index is 414. The number of phenols is 2. The highest BCUT2D eigenvalue weighted by Crippen LogP contribution is 2.29. The van der Waals surface area contributed by atoms with Crippen LogP contribution >= 0.6 is 0 Å². The summed E-state index contributed by atoms with van der Waals surface area (Å²) in [5.41, 5.74) is 0.800. The summed E-state index contributed by atoms with van der Waals surface area (Å²) in [6, 6.07) is 4.74. The van der Waals surface area contributed by atoms with Crippen molar-refractivity contribution in [1.82, 2.24) is 5.32 Å². The molecule has 0 bridgehead atoms. The highest BCUT2D eigenvalue weighted by Gasteiger charge is 2.20. The highest BCUT2D eigenvalue weighted by molar-refractivity contribution is 5.40. The number of nitrogens with one attached hydrogen (secondary N) is 1. The molecular weight excluding hydrogens is 242 g/mol. The second-order valence-electron chi connectivity index (χ2n) is 5.55. The molecule has 1 aromatic rings. The van der Waals surface area contributed by atoms with Crippen molar-refractivity contribution in [3.8, 4) is 11.5 Å². The minimum atomic E-state index is -0.116. The van der Waals surface area contributed by atoms with E-state index in [1.54, 1.807) is 12.1 Å². The lowest BCUT2D eigenvalue weighted by molar-refractivity contribution is 0.107. The fourth-order valence-electron chi connectivity index (χ4n) is 2.70. The molecule has 106 valence electrons. The van der Waals surface area contributed by atoms with Crippen LogP contribution in [0.4, 0.5) is 0 Å². The average Bonchev–Trinajstić information content (AvgIpc) is 2.37. The van der Waals surface area contributed by atoms with Gasteiger partial charge in [-0.15, -0.1) is 0 Å². The van der Waals surface area contributed by atoms with Crippen LogP contribution in [0.25, 0.3) is 0 Å². The minimum absolute atomic E-state index is 0.0486. The summed E-state index contributed by atoms with van der Waals surface area (Å²) >= 11 is 0. The first-order valence-corrected chi connectivity index (χ1v) is 6.99. The van der Waals surface area contributed by atoms with E-state index in [9.17, 15) is 15.3 Å². The molecule has 1 aromatic carbocycles. The van der Waals surface area contributed by atoms with E-state index in [1.807, 2.05) is 6.92 Å². The molecule has 1 aliphatic rings. The first kappa shape index (κ1) is 14.2. The van der Waals surface area contributed by atoms with E-state index in [0.29, 0.717) is 5.92 Å². The van der Waals surface area contributed by atoms with Gasteiger partial charge < -0.3 is 20.6 Å². The average molecular weight is 265 g/mol. The van der Waals surface area contributed by atoms with E-state index in [-0.39, 0.29) is 23.6 Å². The second-order valence-corrected chi connectivity index (χ2v) is 5.55. The van der Waals surface area contributed by atoms with E-state index >= 15 is 0 Å². The van der Waals surface area contributed by atoms with Crippen LogP contribution in [0.3, 0.4) is 0 Å². The molecule has 4 N–H and O–H groups in total. The summed E-state index contributed by atoms with van der Waals surface area (Å²) in [5, 5.41) is 32.0. The van der Waals surface area contributed by atoms with Crippen molar-refractivity contribution >= 4 is 0 Å². The topological polar surface area (TPSA) is 72.7 Å². The fraction of sp³-hybridized carbons (Fsp3) is 0.600. The third kappa shape index (κ3) is 3.85. The molecule has 0 heterocycles. The Kier molecular flexibility index (Phi) is 4.66. The van der Waals surface area contributed by atoms with Crippen molar-refractivity contribution < 1.29 is 15.3 Å². The van der Waals surface area contributed by atoms with Crippen LogP contribution in [0.15, 0.2) is 18.2 Å². The maximum Gasteiger partial charge on any atom is 0.124 e. The summed E-state index contributed by atoms with van der Waals surface area (Å²) in [6.07, 6.45) is 3.79. The molecule has 1 fully saturated rings. The Morgan fingerprint density at radius 3 is 2.53 bits per heavy atom. The second kappa shape index (κ2) is 6.26. The van der Waals surface area contributed by atoms with Gasteiger partial charge in [0.25, 0.3) is 0 Å². The summed E-state index contributed by atoms with van der Waals surface area (Å²) in [5.74, 6) is 0.805. The molecule has 0 radical (unpaired) electrons. The number of aliphatic hydroxyl groups is 1. The maximum absolute atomic E-state index is 9.80. The first-order chi connectivity index (χ1) is 9.06. The molecule has 19 heavy (non-hydrogen) atoms. The Morgan fingerprint density at radius 1 is 1.21 bits per heavy atom. The van der Waals surface area contributed by atoms with Gasteiger partial charge in [-0.3, -0.25) is 0 Å². The van der Waals surface area contributed by atoms with Gasteiger partial charge in [-0.1, -0.05) is 6.07 Å². The van der Waals surface area contributed by atoms with E-state index in [2.05, 4.69) is 5.32 Å². The van der Waals surface area contributed by atoms with Gasteiger partial charge >= 0.3 is 0 Å². The normalized spacial score (nSPS) is 25.2. The lowest BCUT2D eigenvalue weighted by atomic mass is 9.87. The van der Waals surface area contributed by atoms with Crippen LogP contribution in [0.1, 0.15) is 44.2 Å². The molecule has 0 saturated heterocycles. The third-order valence-corrected chi connectivity index (χ3v) is 4.01. The molecule has 1 saturated carbocycles. The zero-order valence-electron chi connectivity index (χ0n) is 11.3. The van der Waals surface area contributed by atoms with Crippen LogP contribution in [0.2, 0.25) is 0 Å². The van der Waals surface area contributed by atoms with Crippen LogP contribution in [0.5, 0.6) is 11.5 Å². The molecule has 1 aliphatic carbocycles. The molecule has 0 aromatic heterocycles. The standard InChI is InChI=1S/C15H23NO3/c1-10(14-7-6-13(18)8-15(14)19)16-9-11-2-4-12(17)5-3-11/h6-8,10-12,16-19H,2-5,9H2,1H3. The van der Waals surface area contributed by atoms with E-state index in [4.69, 9.17) is 0 Å². The minimum Gasteiger partial charge on any atom is -0.508 e. The van der Waals surface area contributed by atoms with Crippen molar-refractivity contribution in [3.05, 3.63) is 23.8 Å². The molecule has 1 unspecified atom stereocenters. The van der Waals surface area contributed by atoms with Gasteiger partial charge in [0.2, 0.25) is 0 Å². The Balaban J connectivity index is 1.85. The Labute approximate surface area is 114 Å². The van der Waals surface area contributed by atoms with Gasteiger partial charge in [0.15, 0.2) is 0 Å². The van der Waals surface area contributed by atoms with Crippen molar-refractivity contribution in [3.63, 3.8) is 0 Å². The molecule has 0 amide bonds. The van der Waals surface area contributed by atoms with Gasteiger partial charge in [-0.05, 0) is 51.1 Å². The van der Waals surface area contributed by atoms with Gasteiger partial charge in [-0.2, -0.15) is 0 Å². The summed E-state index contributed by atoms with van der Waals surface area (Å²) < 4.78 is 0. The van der Waals surface area contributed by atoms with E-state index < -0.39 is 0 Å². The number of hydrogen-bond donors (Lipinski definition) is 4. The van der Waals surface area contributed by atoms with Crippen molar-refractivity contribution in [2.45, 2.75) is 44.8 Å². The van der Waals surface area contributed by atoms with E-state index in [1.165, 1.54) is 6.07 Å². The molecule has 2 rings (SSSR count). The SMILES string of the molecule is CC(NCC1CCC(O)CC1)c1ccc(O)cc1O. The predicted octanol–water partition coefficient (Wildman–Crippen LogP) is 2.30. The first-order valence-electron chi connectivity index (χ1n) is 6.99. The van der Waals surface area contributed by atoms with Crippen molar-refractivity contribution in [2.24, 2.45) is 5.92 Å². The molecule has 1 atom stereocenters. The smallest absolute Gasteiger partial charge is 0.124 e. The fourth-order valence-corrected chi connectivity index (χ4v) is 2.70. The van der Waals surface area contributed by atoms with Crippen LogP contribution < -0.4 is 5.32 Å². The van der Waals surface area contributed by atoms with Crippen LogP contribution in [-0.4, -0.2) is 28.0 Å². The van der Waals surface area contributed by atoms with Crippen LogP contribution in [-0.2, 0) is 0 Å². The van der Waals surface area contributed by atoms with Crippen molar-refractivity contribution in [2.75, 3.05) is 6.54 Å². The third-order valence-electron chi connectivity index (χ3n) is 4.01. The van der Waals surface area contributed by atoms with Crippen LogP contribution in [0, 0.1) is 5.92 Å². The monoisotopic (exact) mass is 265 g/mol. The maximum atomic E-state index is 9.80. The lowest BCUT2D eigenvalue weighted by Gasteiger charge is -2.27. The van der Waals surface area contributed by atoms with Gasteiger partial charge in [-0.25, -0.2) is 0 Å². The van der Waals surface area contributed by atoms with Gasteiger partial charge in [0, 0.05) is 17.7 Å². The number of aromatic hydroxyl groups is 2. The molecule has 0 aliphatic heterocycles. The summed E-state index contributed by atoms with van der Waals surface area (Å²) in [6.45, 7) is 2.90. The number of phenolic OH excluding ortho intramolecular Hbond substituents is 2. The number of hydrogen-bond acceptors (Lipinski definition) is 4. The quantitative estimate of drug-likeness (QED) is 0.674. The molecular formula is C15H23NO3. The van der Waals surface area contributed by atoms with E-state index in [0.717, 1.165) is 37.8 Å². The predicted molar refractivity (Wildman–Crippen MR) is 74.2 cm³/mol. The molecule has 4 nitrogen and oxygen atoms in total. The lowest BCUT2D eigenvalue weighted by Crippen LogP contribution is -2.29. The Hall–Kier alpha value is -1.26. The van der Waals surface area contributed by atoms with Gasteiger partial charge in [0.05, 0.1) is 6.10 Å². The Morgan fingerprint density at radius 2 is 1.89 bits per heavy atom. The number of aliphatic hydroxyl groups excluding tert-OH is 1. The van der Waals surface area contributed by atoms with Gasteiger partial charge in [0.1, 0.15) is 11.5 Å².